The van der Waals surface area contributed by atoms with Gasteiger partial charge in [-0.1, -0.05) is 0 Å². The van der Waals surface area contributed by atoms with Gasteiger partial charge in [0.25, 0.3) is 0 Å². The van der Waals surface area contributed by atoms with E-state index in [0.29, 0.717) is 13.0 Å². The number of carbonyl (C=O) groups excluding carboxylic acids is 2. The van der Waals surface area contributed by atoms with E-state index >= 15 is 0 Å². The van der Waals surface area contributed by atoms with Crippen molar-refractivity contribution in [2.75, 3.05) is 13.2 Å². The third-order valence-corrected chi connectivity index (χ3v) is 1.96. The van der Waals surface area contributed by atoms with Gasteiger partial charge in [-0.3, -0.25) is 14.9 Å². The van der Waals surface area contributed by atoms with Gasteiger partial charge in [0.1, 0.15) is 6.04 Å². The van der Waals surface area contributed by atoms with Crippen LogP contribution in [0.1, 0.15) is 27.2 Å². The Labute approximate surface area is 89.6 Å². The summed E-state index contributed by atoms with van der Waals surface area (Å²) in [6.45, 7) is 6.33. The van der Waals surface area contributed by atoms with E-state index in [1.165, 1.54) is 0 Å². The van der Waals surface area contributed by atoms with Crippen molar-refractivity contribution in [3.63, 3.8) is 0 Å². The summed E-state index contributed by atoms with van der Waals surface area (Å²) in [5.74, 6) is -0.374. The number of hydrogen-bond donors (Lipinski definition) is 2. The number of carbonyl (C=O) groups is 2. The highest BCUT2D eigenvalue weighted by atomic mass is 16.5. The Morgan fingerprint density at radius 1 is 1.53 bits per heavy atom. The first-order valence-electron chi connectivity index (χ1n) is 5.09. The molecule has 1 aliphatic rings. The Morgan fingerprint density at radius 2 is 2.20 bits per heavy atom. The van der Waals surface area contributed by atoms with Crippen molar-refractivity contribution in [1.82, 2.24) is 10.6 Å². The molecule has 15 heavy (non-hydrogen) atoms. The molecular weight excluding hydrogens is 196 g/mol. The molecule has 0 aromatic heterocycles. The summed E-state index contributed by atoms with van der Waals surface area (Å²) in [7, 11) is 0. The summed E-state index contributed by atoms with van der Waals surface area (Å²) in [6, 6.07) is -0.323. The van der Waals surface area contributed by atoms with Gasteiger partial charge in [0, 0.05) is 12.0 Å². The molecule has 1 unspecified atom stereocenters. The first-order chi connectivity index (χ1) is 6.88. The molecule has 0 bridgehead atoms. The Hall–Kier alpha value is -1.10. The fourth-order valence-corrected chi connectivity index (χ4v) is 1.36. The molecule has 86 valence electrons. The summed E-state index contributed by atoms with van der Waals surface area (Å²) in [4.78, 5) is 22.5. The Bertz CT molecular complexity index is 258. The molecule has 0 radical (unpaired) electrons. The second-order valence-corrected chi connectivity index (χ2v) is 4.69. The monoisotopic (exact) mass is 214 g/mol. The van der Waals surface area contributed by atoms with E-state index in [2.05, 4.69) is 10.6 Å². The quantitative estimate of drug-likeness (QED) is 0.639. The second kappa shape index (κ2) is 4.61. The lowest BCUT2D eigenvalue weighted by Gasteiger charge is -2.21. The standard InChI is InChI=1S/C10H18N2O3/c1-10(2,3)12-8(13)6-11-7-4-5-15-9(7)14/h7,11H,4-6H2,1-3H3,(H,12,13). The molecule has 5 nitrogen and oxygen atoms in total. The second-order valence-electron chi connectivity index (χ2n) is 4.69. The molecule has 1 amide bonds. The smallest absolute Gasteiger partial charge is 0.323 e. The molecule has 0 aromatic carbocycles. The Kier molecular flexibility index (Phi) is 3.68. The number of ether oxygens (including phenoxy) is 1. The van der Waals surface area contributed by atoms with Gasteiger partial charge >= 0.3 is 5.97 Å². The average molecular weight is 214 g/mol. The van der Waals surface area contributed by atoms with Crippen LogP contribution in [0.2, 0.25) is 0 Å². The normalized spacial score (nSPS) is 21.3. The molecule has 0 aliphatic carbocycles. The highest BCUT2D eigenvalue weighted by Crippen LogP contribution is 2.05. The van der Waals surface area contributed by atoms with Crippen molar-refractivity contribution < 1.29 is 14.3 Å². The topological polar surface area (TPSA) is 67.4 Å². The van der Waals surface area contributed by atoms with Crippen LogP contribution in [0.3, 0.4) is 0 Å². The van der Waals surface area contributed by atoms with Gasteiger partial charge in [0.05, 0.1) is 13.2 Å². The van der Waals surface area contributed by atoms with Crippen LogP contribution in [0.5, 0.6) is 0 Å². The fourth-order valence-electron chi connectivity index (χ4n) is 1.36. The van der Waals surface area contributed by atoms with Gasteiger partial charge in [0.2, 0.25) is 5.91 Å². The molecule has 1 saturated heterocycles. The first-order valence-corrected chi connectivity index (χ1v) is 5.09. The van der Waals surface area contributed by atoms with Gasteiger partial charge in [0.15, 0.2) is 0 Å². The van der Waals surface area contributed by atoms with E-state index in [1.54, 1.807) is 0 Å². The van der Waals surface area contributed by atoms with Gasteiger partial charge in [-0.15, -0.1) is 0 Å². The molecule has 0 spiro atoms. The summed E-state index contributed by atoms with van der Waals surface area (Å²) >= 11 is 0. The SMILES string of the molecule is CC(C)(C)NC(=O)CNC1CCOC1=O. The number of nitrogens with one attached hydrogen (secondary N) is 2. The van der Waals surface area contributed by atoms with Crippen LogP contribution in [-0.4, -0.2) is 36.6 Å². The van der Waals surface area contributed by atoms with E-state index in [4.69, 9.17) is 4.74 Å². The van der Waals surface area contributed by atoms with Crippen molar-refractivity contribution in [3.8, 4) is 0 Å². The van der Waals surface area contributed by atoms with E-state index in [0.717, 1.165) is 0 Å². The average Bonchev–Trinajstić information content (AvgIpc) is 2.44. The molecule has 1 fully saturated rings. The number of rotatable bonds is 3. The summed E-state index contributed by atoms with van der Waals surface area (Å²) in [5.41, 5.74) is -0.241. The van der Waals surface area contributed by atoms with Crippen LogP contribution in [0.4, 0.5) is 0 Å². The van der Waals surface area contributed by atoms with E-state index < -0.39 is 0 Å². The number of amides is 1. The lowest BCUT2D eigenvalue weighted by atomic mass is 10.1. The van der Waals surface area contributed by atoms with Crippen molar-refractivity contribution in [1.29, 1.82) is 0 Å². The molecular formula is C10H18N2O3. The molecule has 1 heterocycles. The van der Waals surface area contributed by atoms with Gasteiger partial charge < -0.3 is 10.1 Å². The molecule has 5 heteroatoms. The van der Waals surface area contributed by atoms with Gasteiger partial charge in [-0.05, 0) is 20.8 Å². The Morgan fingerprint density at radius 3 is 2.67 bits per heavy atom. The van der Waals surface area contributed by atoms with E-state index in [9.17, 15) is 9.59 Å². The zero-order valence-electron chi connectivity index (χ0n) is 9.42. The van der Waals surface area contributed by atoms with E-state index in [-0.39, 0.29) is 30.0 Å². The van der Waals surface area contributed by atoms with Crippen molar-refractivity contribution >= 4 is 11.9 Å². The van der Waals surface area contributed by atoms with Crippen LogP contribution >= 0.6 is 0 Å². The maximum absolute atomic E-state index is 11.4. The van der Waals surface area contributed by atoms with Crippen molar-refractivity contribution in [2.24, 2.45) is 0 Å². The van der Waals surface area contributed by atoms with Crippen LogP contribution < -0.4 is 10.6 Å². The maximum atomic E-state index is 11.4. The summed E-state index contributed by atoms with van der Waals surface area (Å²) in [6.07, 6.45) is 0.641. The van der Waals surface area contributed by atoms with Crippen LogP contribution in [-0.2, 0) is 14.3 Å². The third kappa shape index (κ3) is 4.29. The van der Waals surface area contributed by atoms with Gasteiger partial charge in [-0.2, -0.15) is 0 Å². The molecule has 2 N–H and O–H groups in total. The number of hydrogen-bond acceptors (Lipinski definition) is 4. The third-order valence-electron chi connectivity index (χ3n) is 1.96. The van der Waals surface area contributed by atoms with E-state index in [1.807, 2.05) is 20.8 Å². The largest absolute Gasteiger partial charge is 0.464 e. The van der Waals surface area contributed by atoms with Crippen molar-refractivity contribution in [3.05, 3.63) is 0 Å². The van der Waals surface area contributed by atoms with Crippen molar-refractivity contribution in [2.45, 2.75) is 38.8 Å². The van der Waals surface area contributed by atoms with Gasteiger partial charge in [-0.25, -0.2) is 0 Å². The summed E-state index contributed by atoms with van der Waals surface area (Å²) < 4.78 is 4.77. The van der Waals surface area contributed by atoms with Crippen LogP contribution in [0.15, 0.2) is 0 Å². The lowest BCUT2D eigenvalue weighted by molar-refractivity contribution is -0.139. The van der Waals surface area contributed by atoms with Crippen LogP contribution in [0.25, 0.3) is 0 Å². The predicted octanol–water partition coefficient (Wildman–Crippen LogP) is -0.194. The first kappa shape index (κ1) is 12.0. The maximum Gasteiger partial charge on any atom is 0.323 e. The highest BCUT2D eigenvalue weighted by molar-refractivity contribution is 5.81. The number of cyclic esters (lactones) is 1. The fraction of sp³-hybridized carbons (Fsp3) is 0.800. The minimum atomic E-state index is -0.323. The summed E-state index contributed by atoms with van der Waals surface area (Å²) in [5, 5.41) is 5.67. The number of esters is 1. The lowest BCUT2D eigenvalue weighted by Crippen LogP contribution is -2.47. The zero-order chi connectivity index (χ0) is 11.5. The Balaban J connectivity index is 2.25. The van der Waals surface area contributed by atoms with Crippen LogP contribution in [0, 0.1) is 0 Å². The molecule has 1 rings (SSSR count). The minimum absolute atomic E-state index is 0.109. The molecule has 1 aliphatic heterocycles. The molecule has 0 saturated carbocycles. The molecule has 1 atom stereocenters. The zero-order valence-corrected chi connectivity index (χ0v) is 9.42. The molecule has 0 aromatic rings. The highest BCUT2D eigenvalue weighted by Gasteiger charge is 2.26. The predicted molar refractivity (Wildman–Crippen MR) is 55.3 cm³/mol. The minimum Gasteiger partial charge on any atom is -0.464 e.